The van der Waals surface area contributed by atoms with Gasteiger partial charge in [0.2, 0.25) is 0 Å². The Balaban J connectivity index is 1.45. The van der Waals surface area contributed by atoms with E-state index in [-0.39, 0.29) is 0 Å². The Labute approximate surface area is 293 Å². The molecule has 0 aliphatic heterocycles. The molecule has 0 bridgehead atoms. The van der Waals surface area contributed by atoms with Gasteiger partial charge in [-0.3, -0.25) is 4.98 Å². The van der Waals surface area contributed by atoms with Crippen LogP contribution >= 0.6 is 0 Å². The van der Waals surface area contributed by atoms with E-state index in [4.69, 9.17) is 0 Å². The molecule has 0 atom stereocenters. The lowest BCUT2D eigenvalue weighted by Crippen LogP contribution is -2.10. The minimum atomic E-state index is 1.05. The maximum absolute atomic E-state index is 4.34. The lowest BCUT2D eigenvalue weighted by atomic mass is 9.80. The van der Waals surface area contributed by atoms with E-state index in [9.17, 15) is 0 Å². The van der Waals surface area contributed by atoms with Crippen molar-refractivity contribution in [2.24, 2.45) is 0 Å². The summed E-state index contributed by atoms with van der Waals surface area (Å²) in [4.78, 5) is 6.67. The van der Waals surface area contributed by atoms with E-state index in [1.165, 1.54) is 71.3 Å². The molecule has 0 radical (unpaired) electrons. The van der Waals surface area contributed by atoms with Gasteiger partial charge in [0.05, 0.1) is 0 Å². The molecular weight excluding hydrogens is 605 g/mol. The number of rotatable bonds is 6. The Kier molecular flexibility index (Phi) is 7.55. The second kappa shape index (κ2) is 12.7. The third kappa shape index (κ3) is 5.17. The summed E-state index contributed by atoms with van der Waals surface area (Å²) in [6.07, 6.45) is 12.9. The van der Waals surface area contributed by atoms with Gasteiger partial charge in [-0.2, -0.15) is 0 Å². The number of pyridine rings is 1. The molecule has 0 saturated carbocycles. The van der Waals surface area contributed by atoms with Crippen LogP contribution in [0.1, 0.15) is 24.0 Å². The zero-order chi connectivity index (χ0) is 33.4. The number of hydrogen-bond acceptors (Lipinski definition) is 2. The van der Waals surface area contributed by atoms with Crippen LogP contribution in [0.2, 0.25) is 0 Å². The first-order valence-electron chi connectivity index (χ1n) is 17.4. The quantitative estimate of drug-likeness (QED) is 0.168. The highest BCUT2D eigenvalue weighted by atomic mass is 15.1. The van der Waals surface area contributed by atoms with Crippen LogP contribution in [-0.4, -0.2) is 4.98 Å². The van der Waals surface area contributed by atoms with Gasteiger partial charge in [-0.05, 0) is 128 Å². The molecule has 1 aromatic heterocycles. The van der Waals surface area contributed by atoms with Gasteiger partial charge >= 0.3 is 0 Å². The van der Waals surface area contributed by atoms with Crippen LogP contribution in [0.3, 0.4) is 0 Å². The first kappa shape index (κ1) is 29.9. The standard InChI is InChI=1S/C48H36N2/c1-33-21-23-37(24-22-33)50(38-27-29-49-30-28-38)39-25-26-42-45(31-39)40-19-11-12-20-41(40)47-44(35-15-7-3-8-16-35)32-43(34-13-5-2-6-14-34)46(48(42)47)36-17-9-4-10-18-36/h3-5,7-32H,2,6H2,1H3. The molecule has 238 valence electrons. The minimum absolute atomic E-state index is 1.05. The second-order valence-electron chi connectivity index (χ2n) is 13.1. The van der Waals surface area contributed by atoms with E-state index >= 15 is 0 Å². The van der Waals surface area contributed by atoms with Crippen molar-refractivity contribution in [3.8, 4) is 22.3 Å². The summed E-state index contributed by atoms with van der Waals surface area (Å²) in [6, 6.07) is 53.3. The molecule has 8 aromatic rings. The molecule has 2 nitrogen and oxygen atoms in total. The van der Waals surface area contributed by atoms with E-state index in [1.807, 2.05) is 12.4 Å². The van der Waals surface area contributed by atoms with Gasteiger partial charge in [0, 0.05) is 29.5 Å². The van der Waals surface area contributed by atoms with Crippen LogP contribution in [0, 0.1) is 6.92 Å². The van der Waals surface area contributed by atoms with Crippen molar-refractivity contribution in [1.29, 1.82) is 0 Å². The normalized spacial score (nSPS) is 12.8. The van der Waals surface area contributed by atoms with Gasteiger partial charge in [0.15, 0.2) is 0 Å². The summed E-state index contributed by atoms with van der Waals surface area (Å²) in [7, 11) is 0. The van der Waals surface area contributed by atoms with Gasteiger partial charge in [-0.25, -0.2) is 0 Å². The maximum atomic E-state index is 4.34. The molecule has 9 rings (SSSR count). The van der Waals surface area contributed by atoms with Crippen molar-refractivity contribution in [3.05, 3.63) is 187 Å². The van der Waals surface area contributed by atoms with E-state index in [0.29, 0.717) is 0 Å². The van der Waals surface area contributed by atoms with Crippen LogP contribution in [0.25, 0.3) is 60.1 Å². The van der Waals surface area contributed by atoms with Crippen LogP contribution in [0.5, 0.6) is 0 Å². The summed E-state index contributed by atoms with van der Waals surface area (Å²) in [5.74, 6) is 0. The van der Waals surface area contributed by atoms with Crippen molar-refractivity contribution in [1.82, 2.24) is 4.98 Å². The molecule has 1 aliphatic rings. The molecule has 1 heterocycles. The number of hydrogen-bond donors (Lipinski definition) is 0. The van der Waals surface area contributed by atoms with Crippen LogP contribution in [0.15, 0.2) is 176 Å². The summed E-state index contributed by atoms with van der Waals surface area (Å²) >= 11 is 0. The Hall–Kier alpha value is -6.25. The SMILES string of the molecule is Cc1ccc(N(c2ccncc2)c2ccc3c(c2)c2ccccc2c2c(-c4ccccc4)cc(C4=CCCC=C4)c(-c4ccccc4)c32)cc1. The number of nitrogens with zero attached hydrogens (tertiary/aromatic N) is 2. The average Bonchev–Trinajstić information content (AvgIpc) is 3.19. The Morgan fingerprint density at radius 1 is 0.500 bits per heavy atom. The predicted molar refractivity (Wildman–Crippen MR) is 213 cm³/mol. The Bertz CT molecular complexity index is 2570. The van der Waals surface area contributed by atoms with E-state index in [0.717, 1.165) is 29.9 Å². The second-order valence-corrected chi connectivity index (χ2v) is 13.1. The van der Waals surface area contributed by atoms with Crippen molar-refractivity contribution in [3.63, 3.8) is 0 Å². The molecule has 7 aromatic carbocycles. The highest BCUT2D eigenvalue weighted by molar-refractivity contribution is 6.32. The number of benzene rings is 7. The average molecular weight is 641 g/mol. The smallest absolute Gasteiger partial charge is 0.0492 e. The van der Waals surface area contributed by atoms with Crippen LogP contribution in [-0.2, 0) is 0 Å². The lowest BCUT2D eigenvalue weighted by Gasteiger charge is -2.27. The van der Waals surface area contributed by atoms with Crippen LogP contribution < -0.4 is 4.90 Å². The summed E-state index contributed by atoms with van der Waals surface area (Å²) in [5, 5.41) is 7.57. The summed E-state index contributed by atoms with van der Waals surface area (Å²) in [5.41, 5.74) is 12.1. The fraction of sp³-hybridized carbons (Fsp3) is 0.0625. The molecule has 2 heteroatoms. The molecular formula is C48H36N2. The summed E-state index contributed by atoms with van der Waals surface area (Å²) < 4.78 is 0. The van der Waals surface area contributed by atoms with Gasteiger partial charge in [0.25, 0.3) is 0 Å². The number of aryl methyl sites for hydroxylation is 1. The molecule has 0 unspecified atom stereocenters. The van der Waals surface area contributed by atoms with Gasteiger partial charge in [0.1, 0.15) is 0 Å². The molecule has 0 spiro atoms. The third-order valence-corrected chi connectivity index (χ3v) is 10.0. The lowest BCUT2D eigenvalue weighted by molar-refractivity contribution is 1.04. The highest BCUT2D eigenvalue weighted by Crippen LogP contribution is 2.49. The zero-order valence-electron chi connectivity index (χ0n) is 28.1. The van der Waals surface area contributed by atoms with Crippen molar-refractivity contribution in [2.75, 3.05) is 4.90 Å². The number of fused-ring (bicyclic) bond motifs is 6. The van der Waals surface area contributed by atoms with E-state index in [2.05, 4.69) is 181 Å². The largest absolute Gasteiger partial charge is 0.310 e. The topological polar surface area (TPSA) is 16.1 Å². The first-order valence-corrected chi connectivity index (χ1v) is 17.4. The van der Waals surface area contributed by atoms with E-state index in [1.54, 1.807) is 0 Å². The number of aromatic nitrogens is 1. The molecule has 0 saturated heterocycles. The number of anilines is 3. The number of allylic oxidation sites excluding steroid dienone is 4. The summed E-state index contributed by atoms with van der Waals surface area (Å²) in [6.45, 7) is 2.13. The Morgan fingerprint density at radius 3 is 1.86 bits per heavy atom. The predicted octanol–water partition coefficient (Wildman–Crippen LogP) is 13.4. The molecule has 1 aliphatic carbocycles. The van der Waals surface area contributed by atoms with Gasteiger partial charge in [-0.15, -0.1) is 0 Å². The zero-order valence-corrected chi connectivity index (χ0v) is 28.1. The van der Waals surface area contributed by atoms with Crippen molar-refractivity contribution >= 4 is 55.0 Å². The molecule has 0 N–H and O–H groups in total. The minimum Gasteiger partial charge on any atom is -0.310 e. The molecule has 0 amide bonds. The molecule has 50 heavy (non-hydrogen) atoms. The van der Waals surface area contributed by atoms with Crippen molar-refractivity contribution < 1.29 is 0 Å². The fourth-order valence-corrected chi connectivity index (χ4v) is 7.71. The van der Waals surface area contributed by atoms with Gasteiger partial charge < -0.3 is 4.90 Å². The monoisotopic (exact) mass is 640 g/mol. The molecule has 0 fully saturated rings. The van der Waals surface area contributed by atoms with Gasteiger partial charge in [-0.1, -0.05) is 127 Å². The van der Waals surface area contributed by atoms with E-state index < -0.39 is 0 Å². The maximum Gasteiger partial charge on any atom is 0.0492 e. The fourth-order valence-electron chi connectivity index (χ4n) is 7.71. The highest BCUT2D eigenvalue weighted by Gasteiger charge is 2.23. The Morgan fingerprint density at radius 2 is 1.14 bits per heavy atom. The van der Waals surface area contributed by atoms with Crippen molar-refractivity contribution in [2.45, 2.75) is 19.8 Å². The first-order chi connectivity index (χ1) is 24.7. The third-order valence-electron chi connectivity index (χ3n) is 10.0. The van der Waals surface area contributed by atoms with Crippen LogP contribution in [0.4, 0.5) is 17.1 Å².